The zero-order valence-corrected chi connectivity index (χ0v) is 39.6. The van der Waals surface area contributed by atoms with Crippen LogP contribution in [0.25, 0.3) is 0 Å². The second-order valence-electron chi connectivity index (χ2n) is 21.0. The Hall–Kier alpha value is -1.19. The molecule has 1 atom stereocenters. The first-order valence-electron chi connectivity index (χ1n) is 21.8. The van der Waals surface area contributed by atoms with Gasteiger partial charge in [-0.1, -0.05) is 57.6 Å². The molecule has 0 amide bonds. The van der Waals surface area contributed by atoms with Crippen molar-refractivity contribution in [2.45, 2.75) is 126 Å². The minimum absolute atomic E-state index is 0. The van der Waals surface area contributed by atoms with Crippen molar-refractivity contribution in [3.05, 3.63) is 108 Å². The van der Waals surface area contributed by atoms with E-state index in [1.165, 1.54) is 6.16 Å². The first-order valence-corrected chi connectivity index (χ1v) is 31.0. The van der Waals surface area contributed by atoms with Crippen LogP contribution in [0, 0.1) is 47.3 Å². The second kappa shape index (κ2) is 15.8. The minimum Gasteiger partial charge on any atom is -0.748 e. The largest absolute Gasteiger partial charge is 0.748 e. The minimum atomic E-state index is -1.73. The van der Waals surface area contributed by atoms with Crippen LogP contribution in [0.2, 0.25) is 39.3 Å². The van der Waals surface area contributed by atoms with Gasteiger partial charge in [0, 0.05) is 54.1 Å². The van der Waals surface area contributed by atoms with Gasteiger partial charge in [-0.05, 0) is 147 Å². The topological polar surface area (TPSA) is 25.8 Å². The Morgan fingerprint density at radius 3 is 1.38 bits per heavy atom. The molecule has 2 aromatic carbocycles. The standard InChI is InChI=1S/C43H61N2P2Si2.C5H5.Fe/c1-48(2,3)37-25-36(43(46,38-11-7-9-13-44-38)39-12-8-10-14-45-39)35(42(37)49(4,5)6)26-47(40-31-17-27-15-28(19-31)20-32(40)18-27)41-33-21-29-16-30(23-33)24-34(41)22-29;1-2-4-5-3-1;/h7-14,25,27-34,40-41H,15-24,26,46H2,1-6H3;1-5H;/q-1;-5;. The molecule has 2 heterocycles. The van der Waals surface area contributed by atoms with E-state index in [1.807, 2.05) is 47.9 Å². The molecule has 8 saturated carbocycles. The van der Waals surface area contributed by atoms with Crippen molar-refractivity contribution >= 4 is 43.7 Å². The zero-order chi connectivity index (χ0) is 37.4. The molecule has 8 bridgehead atoms. The van der Waals surface area contributed by atoms with Crippen molar-refractivity contribution in [1.82, 2.24) is 9.97 Å². The Morgan fingerprint density at radius 2 is 1.05 bits per heavy atom. The predicted molar refractivity (Wildman–Crippen MR) is 240 cm³/mol. The van der Waals surface area contributed by atoms with E-state index >= 15 is 0 Å². The molecule has 8 aliphatic carbocycles. The summed E-state index contributed by atoms with van der Waals surface area (Å²) in [5.74, 6) is 8.24. The van der Waals surface area contributed by atoms with Gasteiger partial charge in [-0.15, -0.1) is 17.2 Å². The molecular weight excluding hydrogens is 779 g/mol. The summed E-state index contributed by atoms with van der Waals surface area (Å²) in [7, 11) is -0.121. The van der Waals surface area contributed by atoms with Crippen molar-refractivity contribution < 1.29 is 17.1 Å². The van der Waals surface area contributed by atoms with Crippen molar-refractivity contribution in [1.29, 1.82) is 0 Å². The fourth-order valence-corrected chi connectivity index (χ4v) is 25.1. The molecule has 0 aliphatic heterocycles. The van der Waals surface area contributed by atoms with Gasteiger partial charge in [0.1, 0.15) is 0 Å². The quantitative estimate of drug-likeness (QED) is 0.0953. The summed E-state index contributed by atoms with van der Waals surface area (Å²) < 4.78 is 0. The molecular formula is C48H66FeN2P2Si2-6. The normalized spacial score (nSPS) is 32.5. The number of pyridine rings is 2. The summed E-state index contributed by atoms with van der Waals surface area (Å²) in [5.41, 5.74) is 7.59. The number of hydrogen-bond acceptors (Lipinski definition) is 2. The van der Waals surface area contributed by atoms with E-state index < -0.39 is 21.3 Å². The summed E-state index contributed by atoms with van der Waals surface area (Å²) in [5, 5.41) is 3.14. The maximum atomic E-state index is 5.15. The van der Waals surface area contributed by atoms with Gasteiger partial charge < -0.3 is 30.3 Å². The van der Waals surface area contributed by atoms with Crippen LogP contribution in [-0.2, 0) is 28.4 Å². The van der Waals surface area contributed by atoms with Crippen molar-refractivity contribution in [3.63, 3.8) is 0 Å². The Balaban J connectivity index is 0.000000661. The third-order valence-electron chi connectivity index (χ3n) is 15.3. The van der Waals surface area contributed by atoms with E-state index in [9.17, 15) is 0 Å². The average molecular weight is 845 g/mol. The van der Waals surface area contributed by atoms with Crippen molar-refractivity contribution in [2.24, 2.45) is 47.3 Å². The maximum absolute atomic E-state index is 5.15. The number of nitrogens with zero attached hydrogens (tertiary/aromatic N) is 2. The second-order valence-corrected chi connectivity index (χ2v) is 34.5. The van der Waals surface area contributed by atoms with Gasteiger partial charge in [-0.2, -0.15) is 27.6 Å². The molecule has 2 aromatic heterocycles. The van der Waals surface area contributed by atoms with E-state index in [4.69, 9.17) is 9.97 Å². The molecule has 12 rings (SSSR count). The fourth-order valence-electron chi connectivity index (χ4n) is 14.0. The Morgan fingerprint density at radius 1 is 0.655 bits per heavy atom. The van der Waals surface area contributed by atoms with E-state index in [0.29, 0.717) is 0 Å². The van der Waals surface area contributed by atoms with Gasteiger partial charge in [0.15, 0.2) is 0 Å². The molecule has 1 unspecified atom stereocenters. The molecule has 300 valence electrons. The van der Waals surface area contributed by atoms with Gasteiger partial charge in [0.05, 0.1) is 8.07 Å². The van der Waals surface area contributed by atoms with Gasteiger partial charge in [0.25, 0.3) is 0 Å². The van der Waals surface area contributed by atoms with Crippen LogP contribution in [0.1, 0.15) is 86.7 Å². The van der Waals surface area contributed by atoms with E-state index in [1.54, 1.807) is 80.5 Å². The summed E-state index contributed by atoms with van der Waals surface area (Å²) in [4.78, 5) is 10.3. The predicted octanol–water partition coefficient (Wildman–Crippen LogP) is 11.5. The van der Waals surface area contributed by atoms with Crippen LogP contribution in [-0.4, -0.2) is 37.4 Å². The number of rotatable bonds is 9. The average Bonchev–Trinajstić information content (AvgIpc) is 3.84. The Labute approximate surface area is 349 Å². The Kier molecular flexibility index (Phi) is 11.6. The van der Waals surface area contributed by atoms with Crippen LogP contribution >= 0.6 is 17.2 Å². The summed E-state index contributed by atoms with van der Waals surface area (Å²) in [6.07, 6.45) is 21.0. The molecule has 0 spiro atoms. The number of hydrogen-bond donors (Lipinski definition) is 0. The smallest absolute Gasteiger partial charge is 0.0508 e. The maximum Gasteiger partial charge on any atom is 0.0508 e. The van der Waals surface area contributed by atoms with Crippen LogP contribution in [0.4, 0.5) is 0 Å². The molecule has 2 nitrogen and oxygen atoms in total. The third-order valence-corrected chi connectivity index (χ3v) is 24.5. The Bertz CT molecular complexity index is 1720. The molecule has 8 aliphatic rings. The monoisotopic (exact) mass is 844 g/mol. The number of aromatic nitrogens is 2. The van der Waals surface area contributed by atoms with E-state index in [-0.39, 0.29) is 25.0 Å². The molecule has 0 N–H and O–H groups in total. The van der Waals surface area contributed by atoms with Crippen LogP contribution in [0.15, 0.2) is 85.2 Å². The van der Waals surface area contributed by atoms with Crippen LogP contribution in [0.5, 0.6) is 0 Å². The summed E-state index contributed by atoms with van der Waals surface area (Å²) in [6, 6.07) is 25.9. The van der Waals surface area contributed by atoms with Crippen LogP contribution < -0.4 is 10.4 Å². The SMILES string of the molecule is C[Si](C)(C)c1c(CP(C2C3CC4CC(C3)CC2C4)C2C3CC4CC(C3)CC2C4)c(C(P)(c2ccccn2)c2ccccn2)c[c-]1[Si](C)(C)C.[Fe].[cH-]1[cH-][cH-][cH-][cH-]1. The van der Waals surface area contributed by atoms with E-state index in [0.717, 1.165) is 70.0 Å². The zero-order valence-electron chi connectivity index (χ0n) is 34.4. The molecule has 0 radical (unpaired) electrons. The van der Waals surface area contributed by atoms with Gasteiger partial charge in [-0.3, -0.25) is 9.97 Å². The first-order chi connectivity index (χ1) is 25.9. The van der Waals surface area contributed by atoms with Gasteiger partial charge in [0.2, 0.25) is 0 Å². The summed E-state index contributed by atoms with van der Waals surface area (Å²) in [6.45, 7) is 15.8. The van der Waals surface area contributed by atoms with Crippen molar-refractivity contribution in [2.75, 3.05) is 0 Å². The molecule has 55 heavy (non-hydrogen) atoms. The molecule has 8 fully saturated rings. The molecule has 4 aromatic rings. The van der Waals surface area contributed by atoms with Gasteiger partial charge in [-0.25, -0.2) is 0 Å². The van der Waals surface area contributed by atoms with Crippen LogP contribution in [0.3, 0.4) is 0 Å². The van der Waals surface area contributed by atoms with Gasteiger partial charge >= 0.3 is 0 Å². The molecule has 7 heteroatoms. The summed E-state index contributed by atoms with van der Waals surface area (Å²) >= 11 is 0. The van der Waals surface area contributed by atoms with E-state index in [2.05, 4.69) is 91.0 Å². The van der Waals surface area contributed by atoms with Crippen molar-refractivity contribution in [3.8, 4) is 0 Å². The first kappa shape index (κ1) is 40.6. The fraction of sp³-hybridized carbons (Fsp3) is 0.583. The molecule has 0 saturated heterocycles. The third kappa shape index (κ3) is 7.62.